The first-order valence-corrected chi connectivity index (χ1v) is 8.58. The first kappa shape index (κ1) is 18.3. The number of aryl methyl sites for hydroxylation is 1. The highest BCUT2D eigenvalue weighted by Crippen LogP contribution is 2.13. The van der Waals surface area contributed by atoms with Gasteiger partial charge in [-0.15, -0.1) is 0 Å². The van der Waals surface area contributed by atoms with Crippen LogP contribution in [0.5, 0.6) is 0 Å². The number of benzene rings is 2. The molecule has 0 aliphatic heterocycles. The molecule has 0 aliphatic rings. The zero-order chi connectivity index (χ0) is 19.2. The Bertz CT molecular complexity index is 1030. The van der Waals surface area contributed by atoms with E-state index in [4.69, 9.17) is 0 Å². The standard InChI is InChI=1S/C21H20N4O2/c1-14(16-9-5-3-6-10-16)24-25-19(26)13-18-15(2)22-20(23-21(18)27)17-11-7-4-8-12-17/h3-12H,13H2,1-2H3,(H,25,26)(H,22,23,27)/b24-14-. The molecule has 1 heterocycles. The van der Waals surface area contributed by atoms with Crippen molar-refractivity contribution in [1.29, 1.82) is 0 Å². The summed E-state index contributed by atoms with van der Waals surface area (Å²) in [5, 5.41) is 4.10. The van der Waals surface area contributed by atoms with Gasteiger partial charge in [0.2, 0.25) is 5.91 Å². The summed E-state index contributed by atoms with van der Waals surface area (Å²) in [7, 11) is 0. The van der Waals surface area contributed by atoms with E-state index in [-0.39, 0.29) is 17.9 Å². The van der Waals surface area contributed by atoms with Crippen molar-refractivity contribution in [2.75, 3.05) is 0 Å². The lowest BCUT2D eigenvalue weighted by molar-refractivity contribution is -0.120. The van der Waals surface area contributed by atoms with E-state index in [9.17, 15) is 9.59 Å². The van der Waals surface area contributed by atoms with Crippen LogP contribution in [0.4, 0.5) is 0 Å². The average molecular weight is 360 g/mol. The minimum atomic E-state index is -0.367. The van der Waals surface area contributed by atoms with Gasteiger partial charge in [0.25, 0.3) is 5.56 Å². The Labute approximate surface area is 157 Å². The second kappa shape index (κ2) is 8.23. The van der Waals surface area contributed by atoms with E-state index >= 15 is 0 Å². The Morgan fingerprint density at radius 1 is 1.07 bits per heavy atom. The van der Waals surface area contributed by atoms with Crippen molar-refractivity contribution >= 4 is 11.6 Å². The van der Waals surface area contributed by atoms with Gasteiger partial charge in [0.1, 0.15) is 5.82 Å². The highest BCUT2D eigenvalue weighted by Gasteiger charge is 2.13. The van der Waals surface area contributed by atoms with Crippen LogP contribution in [-0.4, -0.2) is 21.6 Å². The van der Waals surface area contributed by atoms with Crippen LogP contribution in [0, 0.1) is 6.92 Å². The van der Waals surface area contributed by atoms with Crippen LogP contribution in [0.1, 0.15) is 23.7 Å². The van der Waals surface area contributed by atoms with Gasteiger partial charge in [0.15, 0.2) is 0 Å². The summed E-state index contributed by atoms with van der Waals surface area (Å²) in [6, 6.07) is 18.9. The number of nitrogens with zero attached hydrogens (tertiary/aromatic N) is 2. The lowest BCUT2D eigenvalue weighted by Gasteiger charge is -2.07. The van der Waals surface area contributed by atoms with Crippen LogP contribution in [0.2, 0.25) is 0 Å². The Kier molecular flexibility index (Phi) is 5.56. The maximum Gasteiger partial charge on any atom is 0.255 e. The molecule has 3 rings (SSSR count). The molecule has 0 aliphatic carbocycles. The van der Waals surface area contributed by atoms with E-state index in [1.165, 1.54) is 0 Å². The summed E-state index contributed by atoms with van der Waals surface area (Å²) in [4.78, 5) is 31.8. The van der Waals surface area contributed by atoms with Crippen molar-refractivity contribution in [1.82, 2.24) is 15.4 Å². The topological polar surface area (TPSA) is 87.2 Å². The largest absolute Gasteiger partial charge is 0.306 e. The van der Waals surface area contributed by atoms with Crippen LogP contribution in [0.15, 0.2) is 70.6 Å². The van der Waals surface area contributed by atoms with Crippen molar-refractivity contribution < 1.29 is 4.79 Å². The molecule has 2 N–H and O–H groups in total. The number of H-pyrrole nitrogens is 1. The third-order valence-corrected chi connectivity index (χ3v) is 4.15. The molecule has 1 amide bonds. The lowest BCUT2D eigenvalue weighted by Crippen LogP contribution is -2.27. The number of hydrogen-bond donors (Lipinski definition) is 2. The predicted molar refractivity (Wildman–Crippen MR) is 106 cm³/mol. The van der Waals surface area contributed by atoms with E-state index < -0.39 is 0 Å². The molecule has 0 saturated carbocycles. The van der Waals surface area contributed by atoms with Crippen LogP contribution in [0.3, 0.4) is 0 Å². The second-order valence-corrected chi connectivity index (χ2v) is 6.12. The van der Waals surface area contributed by atoms with Crippen molar-refractivity contribution in [3.8, 4) is 11.4 Å². The van der Waals surface area contributed by atoms with Gasteiger partial charge in [-0.1, -0.05) is 60.7 Å². The second-order valence-electron chi connectivity index (χ2n) is 6.12. The molecule has 0 atom stereocenters. The number of carbonyl (C=O) groups excluding carboxylic acids is 1. The van der Waals surface area contributed by atoms with E-state index in [0.29, 0.717) is 22.8 Å². The van der Waals surface area contributed by atoms with E-state index in [2.05, 4.69) is 20.5 Å². The third-order valence-electron chi connectivity index (χ3n) is 4.15. The fraction of sp³-hybridized carbons (Fsp3) is 0.143. The normalized spacial score (nSPS) is 11.3. The lowest BCUT2D eigenvalue weighted by atomic mass is 10.1. The molecule has 136 valence electrons. The minimum absolute atomic E-state index is 0.0885. The summed E-state index contributed by atoms with van der Waals surface area (Å²) in [5.41, 5.74) is 5.46. The molecule has 2 aromatic carbocycles. The summed E-state index contributed by atoms with van der Waals surface area (Å²) >= 11 is 0. The Morgan fingerprint density at radius 2 is 1.70 bits per heavy atom. The van der Waals surface area contributed by atoms with Crippen molar-refractivity contribution in [3.63, 3.8) is 0 Å². The van der Waals surface area contributed by atoms with Crippen LogP contribution in [0.25, 0.3) is 11.4 Å². The predicted octanol–water partition coefficient (Wildman–Crippen LogP) is 2.83. The van der Waals surface area contributed by atoms with Gasteiger partial charge in [0, 0.05) is 16.8 Å². The molecule has 3 aromatic rings. The van der Waals surface area contributed by atoms with Crippen molar-refractivity contribution in [2.24, 2.45) is 5.10 Å². The fourth-order valence-electron chi connectivity index (χ4n) is 2.64. The van der Waals surface area contributed by atoms with Gasteiger partial charge in [0.05, 0.1) is 12.1 Å². The highest BCUT2D eigenvalue weighted by atomic mass is 16.2. The number of aromatic amines is 1. The van der Waals surface area contributed by atoms with Gasteiger partial charge in [-0.05, 0) is 19.4 Å². The van der Waals surface area contributed by atoms with Gasteiger partial charge >= 0.3 is 0 Å². The molecule has 0 unspecified atom stereocenters. The molecule has 6 nitrogen and oxygen atoms in total. The maximum absolute atomic E-state index is 12.4. The van der Waals surface area contributed by atoms with Gasteiger partial charge < -0.3 is 4.98 Å². The molecule has 0 bridgehead atoms. The summed E-state index contributed by atoms with van der Waals surface area (Å²) in [5.74, 6) is 0.119. The molecule has 0 fully saturated rings. The monoisotopic (exact) mass is 360 g/mol. The number of rotatable bonds is 5. The molecule has 0 spiro atoms. The van der Waals surface area contributed by atoms with Crippen LogP contribution < -0.4 is 11.0 Å². The molecule has 6 heteroatoms. The van der Waals surface area contributed by atoms with E-state index in [1.807, 2.05) is 67.6 Å². The number of hydrogen-bond acceptors (Lipinski definition) is 4. The molecule has 27 heavy (non-hydrogen) atoms. The Hall–Kier alpha value is -3.54. The fourth-order valence-corrected chi connectivity index (χ4v) is 2.64. The zero-order valence-corrected chi connectivity index (χ0v) is 15.2. The van der Waals surface area contributed by atoms with Gasteiger partial charge in [-0.2, -0.15) is 5.10 Å². The Morgan fingerprint density at radius 3 is 2.33 bits per heavy atom. The van der Waals surface area contributed by atoms with E-state index in [0.717, 1.165) is 11.1 Å². The minimum Gasteiger partial charge on any atom is -0.306 e. The Balaban J connectivity index is 1.74. The molecular formula is C21H20N4O2. The third kappa shape index (κ3) is 4.55. The number of carbonyl (C=O) groups is 1. The number of nitrogens with one attached hydrogen (secondary N) is 2. The summed E-state index contributed by atoms with van der Waals surface area (Å²) < 4.78 is 0. The highest BCUT2D eigenvalue weighted by molar-refractivity contribution is 5.99. The molecular weight excluding hydrogens is 340 g/mol. The first-order valence-electron chi connectivity index (χ1n) is 8.58. The zero-order valence-electron chi connectivity index (χ0n) is 15.2. The maximum atomic E-state index is 12.4. The SMILES string of the molecule is C/C(=N/NC(=O)Cc1c(C)nc(-c2ccccc2)[nH]c1=O)c1ccccc1. The summed E-state index contributed by atoms with van der Waals surface area (Å²) in [6.45, 7) is 3.53. The van der Waals surface area contributed by atoms with Gasteiger partial charge in [-0.25, -0.2) is 10.4 Å². The first-order chi connectivity index (χ1) is 13.0. The van der Waals surface area contributed by atoms with Crippen LogP contribution >= 0.6 is 0 Å². The average Bonchev–Trinajstić information content (AvgIpc) is 2.70. The molecule has 0 radical (unpaired) electrons. The molecule has 0 saturated heterocycles. The van der Waals surface area contributed by atoms with Gasteiger partial charge in [-0.3, -0.25) is 9.59 Å². The van der Waals surface area contributed by atoms with Crippen LogP contribution in [-0.2, 0) is 11.2 Å². The summed E-state index contributed by atoms with van der Waals surface area (Å²) in [6.07, 6.45) is -0.0885. The number of aromatic nitrogens is 2. The smallest absolute Gasteiger partial charge is 0.255 e. The van der Waals surface area contributed by atoms with Crippen molar-refractivity contribution in [2.45, 2.75) is 20.3 Å². The number of hydrazone groups is 1. The molecule has 1 aromatic heterocycles. The van der Waals surface area contributed by atoms with Crippen molar-refractivity contribution in [3.05, 3.63) is 87.8 Å². The van der Waals surface area contributed by atoms with E-state index in [1.54, 1.807) is 6.92 Å². The quantitative estimate of drug-likeness (QED) is 0.542. The number of amides is 1.